The quantitative estimate of drug-likeness (QED) is 0.859. The highest BCUT2D eigenvalue weighted by Gasteiger charge is 2.09. The summed E-state index contributed by atoms with van der Waals surface area (Å²) in [6.07, 6.45) is 0. The Hall–Kier alpha value is -2.74. The van der Waals surface area contributed by atoms with E-state index in [9.17, 15) is 4.39 Å². The van der Waals surface area contributed by atoms with Gasteiger partial charge >= 0.3 is 0 Å². The summed E-state index contributed by atoms with van der Waals surface area (Å²) < 4.78 is 23.5. The number of methoxy groups -OCH3 is 1. The van der Waals surface area contributed by atoms with E-state index in [1.165, 1.54) is 19.2 Å². The van der Waals surface area contributed by atoms with Crippen LogP contribution in [0, 0.1) is 17.1 Å². The lowest BCUT2D eigenvalue weighted by atomic mass is 10.2. The molecule has 2 aromatic rings. The molecule has 0 saturated carbocycles. The van der Waals surface area contributed by atoms with Crippen molar-refractivity contribution in [3.8, 4) is 23.3 Å². The van der Waals surface area contributed by atoms with E-state index in [1.54, 1.807) is 18.2 Å². The van der Waals surface area contributed by atoms with Gasteiger partial charge in [0.1, 0.15) is 23.4 Å². The van der Waals surface area contributed by atoms with Gasteiger partial charge in [-0.15, -0.1) is 0 Å². The average molecular weight is 258 g/mol. The smallest absolute Gasteiger partial charge is 0.150 e. The number of anilines is 1. The maximum absolute atomic E-state index is 13.0. The molecule has 0 spiro atoms. The van der Waals surface area contributed by atoms with Crippen LogP contribution in [0.4, 0.5) is 10.1 Å². The summed E-state index contributed by atoms with van der Waals surface area (Å²) in [5, 5.41) is 8.92. The van der Waals surface area contributed by atoms with Crippen molar-refractivity contribution < 1.29 is 13.9 Å². The third kappa shape index (κ3) is 2.75. The first kappa shape index (κ1) is 12.7. The standard InChI is InChI=1S/C14H11FN2O2/c1-18-11-3-5-14(12(17)7-11)19-13-4-2-10(15)6-9(13)8-16/h2-7H,17H2,1H3. The SMILES string of the molecule is COc1ccc(Oc2ccc(F)cc2C#N)c(N)c1. The zero-order valence-electron chi connectivity index (χ0n) is 10.2. The van der Waals surface area contributed by atoms with E-state index in [0.717, 1.165) is 6.07 Å². The van der Waals surface area contributed by atoms with Crippen LogP contribution < -0.4 is 15.2 Å². The molecule has 2 aromatic carbocycles. The maximum Gasteiger partial charge on any atom is 0.150 e. The zero-order valence-corrected chi connectivity index (χ0v) is 10.2. The van der Waals surface area contributed by atoms with Crippen LogP contribution in [-0.2, 0) is 0 Å². The van der Waals surface area contributed by atoms with Crippen molar-refractivity contribution in [1.29, 1.82) is 5.26 Å². The lowest BCUT2D eigenvalue weighted by Gasteiger charge is -2.10. The second kappa shape index (κ2) is 5.27. The van der Waals surface area contributed by atoms with Crippen molar-refractivity contribution in [2.75, 3.05) is 12.8 Å². The Labute approximate surface area is 109 Å². The molecule has 0 atom stereocenters. The van der Waals surface area contributed by atoms with Crippen LogP contribution in [0.1, 0.15) is 5.56 Å². The second-order valence-electron chi connectivity index (χ2n) is 3.76. The maximum atomic E-state index is 13.0. The van der Waals surface area contributed by atoms with E-state index in [0.29, 0.717) is 17.2 Å². The van der Waals surface area contributed by atoms with Crippen molar-refractivity contribution >= 4 is 5.69 Å². The topological polar surface area (TPSA) is 68.3 Å². The van der Waals surface area contributed by atoms with Crippen molar-refractivity contribution in [1.82, 2.24) is 0 Å². The molecule has 19 heavy (non-hydrogen) atoms. The molecular weight excluding hydrogens is 247 g/mol. The first-order chi connectivity index (χ1) is 9.13. The predicted octanol–water partition coefficient (Wildman–Crippen LogP) is 3.08. The molecule has 0 radical (unpaired) electrons. The molecule has 0 amide bonds. The van der Waals surface area contributed by atoms with Crippen molar-refractivity contribution in [3.05, 3.63) is 47.8 Å². The molecule has 4 nitrogen and oxygen atoms in total. The number of rotatable bonds is 3. The van der Waals surface area contributed by atoms with Gasteiger partial charge in [-0.2, -0.15) is 5.26 Å². The van der Waals surface area contributed by atoms with Gasteiger partial charge in [-0.1, -0.05) is 0 Å². The first-order valence-electron chi connectivity index (χ1n) is 5.45. The summed E-state index contributed by atoms with van der Waals surface area (Å²) in [5.74, 6) is 0.737. The summed E-state index contributed by atoms with van der Waals surface area (Å²) in [6.45, 7) is 0. The van der Waals surface area contributed by atoms with Crippen molar-refractivity contribution in [3.63, 3.8) is 0 Å². The molecule has 0 heterocycles. The number of hydrogen-bond acceptors (Lipinski definition) is 4. The fraction of sp³-hybridized carbons (Fsp3) is 0.0714. The summed E-state index contributed by atoms with van der Waals surface area (Å²) in [5.41, 5.74) is 6.28. The number of benzene rings is 2. The number of nitrogens with zero attached hydrogens (tertiary/aromatic N) is 1. The van der Waals surface area contributed by atoms with Crippen LogP contribution in [0.25, 0.3) is 0 Å². The molecule has 2 rings (SSSR count). The number of halogens is 1. The summed E-state index contributed by atoms with van der Waals surface area (Å²) in [6, 6.07) is 10.5. The zero-order chi connectivity index (χ0) is 13.8. The van der Waals surface area contributed by atoms with Gasteiger partial charge in [-0.25, -0.2) is 4.39 Å². The molecule has 0 aliphatic heterocycles. The second-order valence-corrected chi connectivity index (χ2v) is 3.76. The molecular formula is C14H11FN2O2. The van der Waals surface area contributed by atoms with Gasteiger partial charge in [0.25, 0.3) is 0 Å². The molecule has 0 aliphatic carbocycles. The average Bonchev–Trinajstić information content (AvgIpc) is 2.42. The Morgan fingerprint density at radius 3 is 2.53 bits per heavy atom. The van der Waals surface area contributed by atoms with Crippen LogP contribution in [-0.4, -0.2) is 7.11 Å². The normalized spacial score (nSPS) is 9.74. The molecule has 0 aliphatic rings. The molecule has 0 fully saturated rings. The van der Waals surface area contributed by atoms with E-state index in [4.69, 9.17) is 20.5 Å². The van der Waals surface area contributed by atoms with Gasteiger partial charge in [0.05, 0.1) is 18.4 Å². The third-order valence-corrected chi connectivity index (χ3v) is 2.50. The van der Waals surface area contributed by atoms with E-state index in [-0.39, 0.29) is 11.3 Å². The fourth-order valence-corrected chi connectivity index (χ4v) is 1.54. The number of ether oxygens (including phenoxy) is 2. The molecule has 96 valence electrons. The number of nitriles is 1. The van der Waals surface area contributed by atoms with Crippen LogP contribution in [0.2, 0.25) is 0 Å². The Bertz CT molecular complexity index is 650. The summed E-state index contributed by atoms with van der Waals surface area (Å²) >= 11 is 0. The van der Waals surface area contributed by atoms with Crippen LogP contribution >= 0.6 is 0 Å². The van der Waals surface area contributed by atoms with E-state index >= 15 is 0 Å². The summed E-state index contributed by atoms with van der Waals surface area (Å²) in [4.78, 5) is 0. The van der Waals surface area contributed by atoms with Crippen LogP contribution in [0.3, 0.4) is 0 Å². The minimum Gasteiger partial charge on any atom is -0.497 e. The van der Waals surface area contributed by atoms with Gasteiger partial charge in [0.15, 0.2) is 5.75 Å². The molecule has 2 N–H and O–H groups in total. The fourth-order valence-electron chi connectivity index (χ4n) is 1.54. The van der Waals surface area contributed by atoms with Crippen LogP contribution in [0.5, 0.6) is 17.2 Å². The largest absolute Gasteiger partial charge is 0.497 e. The van der Waals surface area contributed by atoms with Gasteiger partial charge in [-0.3, -0.25) is 0 Å². The third-order valence-electron chi connectivity index (χ3n) is 2.50. The first-order valence-corrected chi connectivity index (χ1v) is 5.45. The van der Waals surface area contributed by atoms with E-state index in [1.807, 2.05) is 6.07 Å². The Morgan fingerprint density at radius 1 is 1.16 bits per heavy atom. The monoisotopic (exact) mass is 258 g/mol. The molecule has 0 bridgehead atoms. The molecule has 5 heteroatoms. The highest BCUT2D eigenvalue weighted by Crippen LogP contribution is 2.32. The molecule has 0 saturated heterocycles. The molecule has 0 aromatic heterocycles. The minimum absolute atomic E-state index is 0.107. The van der Waals surface area contributed by atoms with Crippen molar-refractivity contribution in [2.45, 2.75) is 0 Å². The van der Waals surface area contributed by atoms with Gasteiger partial charge in [-0.05, 0) is 30.3 Å². The Balaban J connectivity index is 2.34. The van der Waals surface area contributed by atoms with E-state index < -0.39 is 5.82 Å². The Kier molecular flexibility index (Phi) is 3.53. The van der Waals surface area contributed by atoms with Crippen LogP contribution in [0.15, 0.2) is 36.4 Å². The lowest BCUT2D eigenvalue weighted by molar-refractivity contribution is 0.413. The number of nitrogen functional groups attached to an aromatic ring is 1. The predicted molar refractivity (Wildman–Crippen MR) is 68.6 cm³/mol. The highest BCUT2D eigenvalue weighted by molar-refractivity contribution is 5.58. The lowest BCUT2D eigenvalue weighted by Crippen LogP contribution is -1.95. The van der Waals surface area contributed by atoms with Gasteiger partial charge < -0.3 is 15.2 Å². The highest BCUT2D eigenvalue weighted by atomic mass is 19.1. The Morgan fingerprint density at radius 2 is 1.89 bits per heavy atom. The number of nitrogens with two attached hydrogens (primary N) is 1. The van der Waals surface area contributed by atoms with E-state index in [2.05, 4.69) is 0 Å². The molecule has 0 unspecified atom stereocenters. The van der Waals surface area contributed by atoms with Gasteiger partial charge in [0.2, 0.25) is 0 Å². The summed E-state index contributed by atoms with van der Waals surface area (Å²) in [7, 11) is 1.53. The van der Waals surface area contributed by atoms with Crippen molar-refractivity contribution in [2.24, 2.45) is 0 Å². The number of hydrogen-bond donors (Lipinski definition) is 1. The van der Waals surface area contributed by atoms with Gasteiger partial charge in [0, 0.05) is 6.07 Å². The minimum atomic E-state index is -0.494.